The highest BCUT2D eigenvalue weighted by Crippen LogP contribution is 2.34. The highest BCUT2D eigenvalue weighted by Gasteiger charge is 2.33. The molecule has 0 spiro atoms. The average Bonchev–Trinajstić information content (AvgIpc) is 3.35. The number of amides is 1. The number of hydrogen-bond acceptors (Lipinski definition) is 5. The van der Waals surface area contributed by atoms with Crippen LogP contribution in [0.2, 0.25) is 0 Å². The van der Waals surface area contributed by atoms with Gasteiger partial charge in [0.15, 0.2) is 0 Å². The quantitative estimate of drug-likeness (QED) is 0.602. The highest BCUT2D eigenvalue weighted by molar-refractivity contribution is 7.09. The average molecular weight is 426 g/mol. The maximum Gasteiger partial charge on any atom is 0.225 e. The van der Waals surface area contributed by atoms with Crippen LogP contribution in [0.15, 0.2) is 40.3 Å². The third-order valence-electron chi connectivity index (χ3n) is 6.10. The van der Waals surface area contributed by atoms with Gasteiger partial charge in [-0.25, -0.2) is 4.98 Å². The van der Waals surface area contributed by atoms with Crippen molar-refractivity contribution in [2.24, 2.45) is 11.3 Å². The summed E-state index contributed by atoms with van der Waals surface area (Å²) in [6.45, 7) is 10.8. The van der Waals surface area contributed by atoms with E-state index in [1.54, 1.807) is 11.3 Å². The van der Waals surface area contributed by atoms with Crippen molar-refractivity contribution in [3.63, 3.8) is 0 Å². The van der Waals surface area contributed by atoms with Crippen molar-refractivity contribution < 1.29 is 9.21 Å². The molecule has 1 aromatic carbocycles. The number of rotatable bonds is 5. The summed E-state index contributed by atoms with van der Waals surface area (Å²) in [5.41, 5.74) is 1.80. The summed E-state index contributed by atoms with van der Waals surface area (Å²) in [4.78, 5) is 19.7. The lowest BCUT2D eigenvalue weighted by Crippen LogP contribution is -2.43. The third-order valence-corrected chi connectivity index (χ3v) is 6.96. The molecule has 1 atom stereocenters. The molecule has 6 heteroatoms. The van der Waals surface area contributed by atoms with Gasteiger partial charge in [0.1, 0.15) is 16.4 Å². The van der Waals surface area contributed by atoms with Gasteiger partial charge in [-0.1, -0.05) is 39.0 Å². The molecule has 2 aromatic heterocycles. The van der Waals surface area contributed by atoms with E-state index in [9.17, 15) is 4.79 Å². The lowest BCUT2D eigenvalue weighted by molar-refractivity contribution is -0.129. The number of likely N-dealkylation sites (tertiary alicyclic amines) is 1. The van der Waals surface area contributed by atoms with Crippen LogP contribution in [-0.4, -0.2) is 28.9 Å². The summed E-state index contributed by atoms with van der Waals surface area (Å²) in [5.74, 6) is 1.55. The molecular weight excluding hydrogens is 394 g/mol. The molecule has 1 aliphatic heterocycles. The van der Waals surface area contributed by atoms with Gasteiger partial charge >= 0.3 is 0 Å². The molecule has 1 amide bonds. The molecule has 0 bridgehead atoms. The number of carbonyl (C=O) groups excluding carboxylic acids is 1. The van der Waals surface area contributed by atoms with E-state index >= 15 is 0 Å². The van der Waals surface area contributed by atoms with Crippen molar-refractivity contribution in [2.45, 2.75) is 53.1 Å². The Balaban J connectivity index is 1.42. The summed E-state index contributed by atoms with van der Waals surface area (Å²) in [6.07, 6.45) is 3.90. The van der Waals surface area contributed by atoms with Crippen LogP contribution in [0.5, 0.6) is 0 Å². The van der Waals surface area contributed by atoms with Gasteiger partial charge in [0.2, 0.25) is 5.91 Å². The Bertz CT molecular complexity index is 995. The number of benzene rings is 1. The van der Waals surface area contributed by atoms with Crippen LogP contribution in [-0.2, 0) is 11.3 Å². The molecule has 1 saturated heterocycles. The van der Waals surface area contributed by atoms with Crippen LogP contribution in [0.1, 0.15) is 56.0 Å². The van der Waals surface area contributed by atoms with Crippen LogP contribution < -0.4 is 5.32 Å². The molecule has 1 fully saturated rings. The number of nitrogens with zero attached hydrogens (tertiary/aromatic N) is 2. The summed E-state index contributed by atoms with van der Waals surface area (Å²) < 4.78 is 6.12. The molecule has 30 heavy (non-hydrogen) atoms. The Morgan fingerprint density at radius 2 is 2.03 bits per heavy atom. The van der Waals surface area contributed by atoms with Gasteiger partial charge in [-0.05, 0) is 50.4 Å². The molecule has 4 rings (SSSR count). The minimum absolute atomic E-state index is 0.00758. The van der Waals surface area contributed by atoms with Crippen LogP contribution in [0.3, 0.4) is 0 Å². The molecule has 0 saturated carbocycles. The van der Waals surface area contributed by atoms with Gasteiger partial charge in [0, 0.05) is 22.4 Å². The van der Waals surface area contributed by atoms with Crippen LogP contribution in [0, 0.1) is 18.3 Å². The molecule has 3 aromatic rings. The fraction of sp³-hybridized carbons (Fsp3) is 0.500. The Morgan fingerprint density at radius 1 is 1.30 bits per heavy atom. The first kappa shape index (κ1) is 21.1. The second kappa shape index (κ2) is 8.52. The number of piperidine rings is 1. The van der Waals surface area contributed by atoms with Crippen LogP contribution in [0.25, 0.3) is 11.0 Å². The summed E-state index contributed by atoms with van der Waals surface area (Å²) in [7, 11) is 0. The van der Waals surface area contributed by atoms with Crippen molar-refractivity contribution in [1.29, 1.82) is 0 Å². The molecule has 160 valence electrons. The van der Waals surface area contributed by atoms with Gasteiger partial charge in [-0.2, -0.15) is 0 Å². The molecule has 0 aliphatic carbocycles. The normalized spacial score (nSPS) is 17.3. The number of carbonyl (C=O) groups is 1. The number of aromatic nitrogens is 1. The first-order valence-corrected chi connectivity index (χ1v) is 11.6. The van der Waals surface area contributed by atoms with Crippen molar-refractivity contribution in [3.8, 4) is 0 Å². The Morgan fingerprint density at radius 3 is 2.67 bits per heavy atom. The monoisotopic (exact) mass is 425 g/mol. The van der Waals surface area contributed by atoms with Crippen LogP contribution in [0.4, 0.5) is 0 Å². The molecule has 5 nitrogen and oxygen atoms in total. The van der Waals surface area contributed by atoms with Crippen molar-refractivity contribution in [2.75, 3.05) is 13.1 Å². The zero-order valence-electron chi connectivity index (χ0n) is 18.3. The Hall–Kier alpha value is -2.18. The fourth-order valence-corrected chi connectivity index (χ4v) is 4.93. The van der Waals surface area contributed by atoms with Crippen molar-refractivity contribution >= 4 is 28.2 Å². The molecular formula is C24H31N3O2S. The Kier molecular flexibility index (Phi) is 5.98. The number of fused-ring (bicyclic) bond motifs is 1. The molecule has 0 radical (unpaired) electrons. The first-order valence-electron chi connectivity index (χ1n) is 10.7. The number of hydrogen-bond donors (Lipinski definition) is 1. The molecule has 0 unspecified atom stereocenters. The highest BCUT2D eigenvalue weighted by atomic mass is 32.1. The number of para-hydroxylation sites is 1. The summed E-state index contributed by atoms with van der Waals surface area (Å²) >= 11 is 1.63. The molecule has 1 N–H and O–H groups in total. The Labute approximate surface area is 182 Å². The fourth-order valence-electron chi connectivity index (χ4n) is 4.15. The second-order valence-electron chi connectivity index (χ2n) is 9.33. The van der Waals surface area contributed by atoms with Gasteiger partial charge in [-0.3, -0.25) is 9.69 Å². The van der Waals surface area contributed by atoms with E-state index in [0.29, 0.717) is 5.92 Å². The molecule has 1 aliphatic rings. The van der Waals surface area contributed by atoms with E-state index in [0.717, 1.165) is 48.8 Å². The summed E-state index contributed by atoms with van der Waals surface area (Å²) in [5, 5.41) is 7.50. The standard InChI is InChI=1S/C24H31N3O2S/c1-16-18-7-5-6-8-19(18)29-20(16)15-27-12-9-17(10-13-27)21(22-25-11-14-30-22)26-23(28)24(2,3)4/h5-8,11,14,17,21H,9-10,12-13,15H2,1-4H3,(H,26,28)/t21-/m1/s1. The van der Waals surface area contributed by atoms with E-state index in [2.05, 4.69) is 34.3 Å². The SMILES string of the molecule is Cc1c(CN2CCC([C@@H](NC(=O)C(C)(C)C)c3nccs3)CC2)oc2ccccc12. The minimum Gasteiger partial charge on any atom is -0.459 e. The lowest BCUT2D eigenvalue weighted by Gasteiger charge is -2.36. The number of nitrogens with one attached hydrogen (secondary N) is 1. The zero-order valence-corrected chi connectivity index (χ0v) is 19.1. The summed E-state index contributed by atoms with van der Waals surface area (Å²) in [6, 6.07) is 8.23. The topological polar surface area (TPSA) is 58.4 Å². The zero-order chi connectivity index (χ0) is 21.3. The van der Waals surface area contributed by atoms with Gasteiger partial charge < -0.3 is 9.73 Å². The van der Waals surface area contributed by atoms with E-state index in [-0.39, 0.29) is 11.9 Å². The maximum absolute atomic E-state index is 12.7. The molecule has 3 heterocycles. The van der Waals surface area contributed by atoms with Crippen LogP contribution >= 0.6 is 11.3 Å². The van der Waals surface area contributed by atoms with Gasteiger partial charge in [0.25, 0.3) is 0 Å². The first-order chi connectivity index (χ1) is 14.3. The lowest BCUT2D eigenvalue weighted by atomic mass is 9.87. The number of thiazole rings is 1. The van der Waals surface area contributed by atoms with E-state index < -0.39 is 5.41 Å². The number of aryl methyl sites for hydroxylation is 1. The van der Waals surface area contributed by atoms with Gasteiger partial charge in [-0.15, -0.1) is 11.3 Å². The second-order valence-corrected chi connectivity index (χ2v) is 10.3. The van der Waals surface area contributed by atoms with Crippen molar-refractivity contribution in [3.05, 3.63) is 52.2 Å². The van der Waals surface area contributed by atoms with Gasteiger partial charge in [0.05, 0.1) is 12.6 Å². The smallest absolute Gasteiger partial charge is 0.225 e. The van der Waals surface area contributed by atoms with E-state index in [1.807, 2.05) is 44.5 Å². The predicted molar refractivity (Wildman–Crippen MR) is 121 cm³/mol. The van der Waals surface area contributed by atoms with E-state index in [4.69, 9.17) is 4.42 Å². The number of furan rings is 1. The van der Waals surface area contributed by atoms with Crippen molar-refractivity contribution in [1.82, 2.24) is 15.2 Å². The maximum atomic E-state index is 12.7. The van der Waals surface area contributed by atoms with E-state index in [1.165, 1.54) is 10.9 Å². The third kappa shape index (κ3) is 4.44. The predicted octanol–water partition coefficient (Wildman–Crippen LogP) is 5.31. The minimum atomic E-state index is -0.408. The largest absolute Gasteiger partial charge is 0.459 e.